The van der Waals surface area contributed by atoms with Gasteiger partial charge in [0.15, 0.2) is 5.82 Å². The van der Waals surface area contributed by atoms with Gasteiger partial charge in [-0.15, -0.1) is 0 Å². The van der Waals surface area contributed by atoms with Gasteiger partial charge in [-0.25, -0.2) is 0 Å². The Balaban J connectivity index is 2.32. The molecule has 19 heavy (non-hydrogen) atoms. The summed E-state index contributed by atoms with van der Waals surface area (Å²) in [5.41, 5.74) is 0.813. The van der Waals surface area contributed by atoms with Crippen molar-refractivity contribution in [3.05, 3.63) is 47.6 Å². The molecule has 0 fully saturated rings. The molecule has 0 radical (unpaired) electrons. The summed E-state index contributed by atoms with van der Waals surface area (Å²) >= 11 is 0. The summed E-state index contributed by atoms with van der Waals surface area (Å²) in [7, 11) is 0. The van der Waals surface area contributed by atoms with Gasteiger partial charge in [-0.3, -0.25) is 0 Å². The lowest BCUT2D eigenvalue weighted by atomic mass is 9.84. The third-order valence-electron chi connectivity index (χ3n) is 3.61. The molecule has 0 aliphatic carbocycles. The molecule has 2 aromatic rings. The average Bonchev–Trinajstić information content (AvgIpc) is 2.89. The summed E-state index contributed by atoms with van der Waals surface area (Å²) in [4.78, 5) is 4.44. The van der Waals surface area contributed by atoms with Crippen molar-refractivity contribution in [2.45, 2.75) is 45.1 Å². The second kappa shape index (κ2) is 5.13. The summed E-state index contributed by atoms with van der Waals surface area (Å²) in [5.74, 6) is 0.961. The summed E-state index contributed by atoms with van der Waals surface area (Å²) in [6, 6.07) is 10.1. The molecule has 0 saturated heterocycles. The molecular formula is C15H20N2O2. The quantitative estimate of drug-likeness (QED) is 0.918. The minimum Gasteiger partial charge on any atom is -0.393 e. The maximum Gasteiger partial charge on any atom is 0.232 e. The molecule has 102 valence electrons. The Bertz CT molecular complexity index is 532. The van der Waals surface area contributed by atoms with Crippen LogP contribution in [0.3, 0.4) is 0 Å². The Morgan fingerprint density at radius 2 is 1.79 bits per heavy atom. The van der Waals surface area contributed by atoms with Crippen LogP contribution in [-0.2, 0) is 5.41 Å². The summed E-state index contributed by atoms with van der Waals surface area (Å²) in [5, 5.41) is 13.6. The number of benzene rings is 1. The maximum absolute atomic E-state index is 9.58. The first-order valence-corrected chi connectivity index (χ1v) is 6.50. The van der Waals surface area contributed by atoms with Gasteiger partial charge in [0.1, 0.15) is 0 Å². The van der Waals surface area contributed by atoms with E-state index < -0.39 is 6.10 Å². The first-order chi connectivity index (χ1) is 8.93. The van der Waals surface area contributed by atoms with Gasteiger partial charge in [-0.1, -0.05) is 42.4 Å². The number of hydrogen-bond acceptors (Lipinski definition) is 4. The lowest BCUT2D eigenvalue weighted by Gasteiger charge is -2.20. The highest BCUT2D eigenvalue weighted by atomic mass is 16.5. The Morgan fingerprint density at radius 1 is 1.16 bits per heavy atom. The van der Waals surface area contributed by atoms with E-state index >= 15 is 0 Å². The predicted octanol–water partition coefficient (Wildman–Crippen LogP) is 2.88. The molecular weight excluding hydrogens is 240 g/mol. The van der Waals surface area contributed by atoms with Crippen molar-refractivity contribution in [3.8, 4) is 0 Å². The Morgan fingerprint density at radius 3 is 2.37 bits per heavy atom. The van der Waals surface area contributed by atoms with Crippen molar-refractivity contribution < 1.29 is 9.63 Å². The highest BCUT2D eigenvalue weighted by molar-refractivity contribution is 5.30. The molecule has 1 aromatic heterocycles. The highest BCUT2D eigenvalue weighted by Gasteiger charge is 2.30. The third kappa shape index (κ3) is 2.68. The molecule has 4 nitrogen and oxygen atoms in total. The standard InChI is InChI=1S/C15H20N2O2/c1-10(11(2)18)13-16-14(17-19-13)15(3,4)12-8-6-5-7-9-12/h5-11,18H,1-4H3. The van der Waals surface area contributed by atoms with Gasteiger partial charge in [0.25, 0.3) is 0 Å². The van der Waals surface area contributed by atoms with Gasteiger partial charge in [-0.05, 0) is 26.3 Å². The number of aromatic nitrogens is 2. The number of nitrogens with zero attached hydrogens (tertiary/aromatic N) is 2. The molecule has 2 rings (SSSR count). The SMILES string of the molecule is CC(O)C(C)c1nc(C(C)(C)c2ccccc2)no1. The summed E-state index contributed by atoms with van der Waals surface area (Å²) in [6.45, 7) is 7.71. The monoisotopic (exact) mass is 260 g/mol. The fraction of sp³-hybridized carbons (Fsp3) is 0.467. The molecule has 4 heteroatoms. The lowest BCUT2D eigenvalue weighted by molar-refractivity contribution is 0.151. The fourth-order valence-electron chi connectivity index (χ4n) is 1.86. The summed E-state index contributed by atoms with van der Waals surface area (Å²) in [6.07, 6.45) is -0.506. The van der Waals surface area contributed by atoms with E-state index in [0.29, 0.717) is 11.7 Å². The van der Waals surface area contributed by atoms with Crippen LogP contribution < -0.4 is 0 Å². The molecule has 0 saturated carbocycles. The third-order valence-corrected chi connectivity index (χ3v) is 3.61. The normalized spacial score (nSPS) is 15.2. The molecule has 0 amide bonds. The molecule has 2 atom stereocenters. The molecule has 0 aliphatic heterocycles. The zero-order chi connectivity index (χ0) is 14.0. The van der Waals surface area contributed by atoms with Crippen molar-refractivity contribution in [2.75, 3.05) is 0 Å². The van der Waals surface area contributed by atoms with E-state index in [1.54, 1.807) is 6.92 Å². The Labute approximate surface area is 113 Å². The molecule has 0 aliphatic rings. The maximum atomic E-state index is 9.58. The van der Waals surface area contributed by atoms with Crippen molar-refractivity contribution in [1.29, 1.82) is 0 Å². The molecule has 2 unspecified atom stereocenters. The van der Waals surface area contributed by atoms with Gasteiger partial charge in [0, 0.05) is 0 Å². The van der Waals surface area contributed by atoms with Crippen LogP contribution in [0.2, 0.25) is 0 Å². The molecule has 0 bridgehead atoms. The Kier molecular flexibility index (Phi) is 3.71. The van der Waals surface area contributed by atoms with E-state index in [2.05, 4.69) is 24.0 Å². The van der Waals surface area contributed by atoms with Crippen LogP contribution in [0.15, 0.2) is 34.9 Å². The van der Waals surface area contributed by atoms with E-state index in [-0.39, 0.29) is 11.3 Å². The first kappa shape index (κ1) is 13.7. The van der Waals surface area contributed by atoms with Gasteiger partial charge < -0.3 is 9.63 Å². The fourth-order valence-corrected chi connectivity index (χ4v) is 1.86. The van der Waals surface area contributed by atoms with E-state index in [9.17, 15) is 5.11 Å². The van der Waals surface area contributed by atoms with Crippen LogP contribution in [0.25, 0.3) is 0 Å². The van der Waals surface area contributed by atoms with Gasteiger partial charge in [0.2, 0.25) is 5.89 Å². The van der Waals surface area contributed by atoms with Crippen LogP contribution in [0, 0.1) is 0 Å². The minimum absolute atomic E-state index is 0.159. The largest absolute Gasteiger partial charge is 0.393 e. The molecule has 1 N–H and O–H groups in total. The van der Waals surface area contributed by atoms with Crippen LogP contribution >= 0.6 is 0 Å². The average molecular weight is 260 g/mol. The topological polar surface area (TPSA) is 59.2 Å². The molecule has 1 aromatic carbocycles. The Hall–Kier alpha value is -1.68. The minimum atomic E-state index is -0.506. The highest BCUT2D eigenvalue weighted by Crippen LogP contribution is 2.30. The van der Waals surface area contributed by atoms with Gasteiger partial charge >= 0.3 is 0 Å². The smallest absolute Gasteiger partial charge is 0.232 e. The second-order valence-corrected chi connectivity index (χ2v) is 5.48. The zero-order valence-corrected chi connectivity index (χ0v) is 11.8. The predicted molar refractivity (Wildman–Crippen MR) is 73.0 cm³/mol. The van der Waals surface area contributed by atoms with Crippen molar-refractivity contribution in [1.82, 2.24) is 10.1 Å². The van der Waals surface area contributed by atoms with Crippen molar-refractivity contribution >= 4 is 0 Å². The molecule has 1 heterocycles. The lowest BCUT2D eigenvalue weighted by Crippen LogP contribution is -2.21. The van der Waals surface area contributed by atoms with Crippen LogP contribution in [0.5, 0.6) is 0 Å². The second-order valence-electron chi connectivity index (χ2n) is 5.48. The molecule has 0 spiro atoms. The van der Waals surface area contributed by atoms with Crippen LogP contribution in [0.1, 0.15) is 50.9 Å². The van der Waals surface area contributed by atoms with E-state index in [1.165, 1.54) is 0 Å². The van der Waals surface area contributed by atoms with Crippen LogP contribution in [0.4, 0.5) is 0 Å². The van der Waals surface area contributed by atoms with Gasteiger partial charge in [0.05, 0.1) is 17.4 Å². The number of aliphatic hydroxyl groups is 1. The van der Waals surface area contributed by atoms with Gasteiger partial charge in [-0.2, -0.15) is 4.98 Å². The first-order valence-electron chi connectivity index (χ1n) is 6.50. The van der Waals surface area contributed by atoms with Crippen molar-refractivity contribution in [2.24, 2.45) is 0 Å². The summed E-state index contributed by atoms with van der Waals surface area (Å²) < 4.78 is 5.27. The van der Waals surface area contributed by atoms with Crippen molar-refractivity contribution in [3.63, 3.8) is 0 Å². The number of rotatable bonds is 4. The number of hydrogen-bond donors (Lipinski definition) is 1. The van der Waals surface area contributed by atoms with Crippen LogP contribution in [-0.4, -0.2) is 21.4 Å². The zero-order valence-electron chi connectivity index (χ0n) is 11.8. The van der Waals surface area contributed by atoms with E-state index in [0.717, 1.165) is 5.56 Å². The van der Waals surface area contributed by atoms with E-state index in [4.69, 9.17) is 4.52 Å². The van der Waals surface area contributed by atoms with E-state index in [1.807, 2.05) is 37.3 Å². The number of aliphatic hydroxyl groups excluding tert-OH is 1.